The lowest BCUT2D eigenvalue weighted by Gasteiger charge is -2.34. The minimum absolute atomic E-state index is 0.276. The topological polar surface area (TPSA) is 140 Å². The van der Waals surface area contributed by atoms with E-state index < -0.39 is 30.4 Å². The summed E-state index contributed by atoms with van der Waals surface area (Å²) in [5, 5.41) is 20.4. The largest absolute Gasteiger partial charge is 0.481 e. The van der Waals surface area contributed by atoms with Crippen LogP contribution in [-0.2, 0) is 16.0 Å². The molecule has 0 aromatic carbocycles. The number of carboxylic acids is 1. The van der Waals surface area contributed by atoms with Gasteiger partial charge in [0.15, 0.2) is 0 Å². The van der Waals surface area contributed by atoms with Crippen LogP contribution in [0.25, 0.3) is 0 Å². The number of hydrogen-bond donors (Lipinski definition) is 4. The Bertz CT molecular complexity index is 517. The van der Waals surface area contributed by atoms with Crippen molar-refractivity contribution in [1.82, 2.24) is 30.7 Å². The molecule has 0 spiro atoms. The summed E-state index contributed by atoms with van der Waals surface area (Å²) >= 11 is 0. The molecule has 4 N–H and O–H groups in total. The van der Waals surface area contributed by atoms with Crippen molar-refractivity contribution in [1.29, 1.82) is 0 Å². The second-order valence-corrected chi connectivity index (χ2v) is 4.51. The molecule has 0 bridgehead atoms. The highest BCUT2D eigenvalue weighted by molar-refractivity contribution is 5.91. The number of nitrogens with one attached hydrogen (secondary N) is 3. The van der Waals surface area contributed by atoms with E-state index in [-0.39, 0.29) is 6.54 Å². The van der Waals surface area contributed by atoms with Crippen LogP contribution in [-0.4, -0.2) is 68.8 Å². The number of aromatic nitrogens is 3. The Balaban J connectivity index is 1.88. The van der Waals surface area contributed by atoms with Gasteiger partial charge in [0.1, 0.15) is 18.2 Å². The Labute approximate surface area is 119 Å². The molecule has 0 radical (unpaired) electrons. The number of rotatable bonds is 5. The fourth-order valence-corrected chi connectivity index (χ4v) is 2.07. The molecule has 2 heterocycles. The van der Waals surface area contributed by atoms with E-state index in [1.807, 2.05) is 0 Å². The molecule has 1 aliphatic rings. The van der Waals surface area contributed by atoms with Gasteiger partial charge in [0, 0.05) is 26.1 Å². The van der Waals surface area contributed by atoms with E-state index in [2.05, 4.69) is 25.8 Å². The molecule has 0 aliphatic carbocycles. The zero-order valence-corrected chi connectivity index (χ0v) is 11.2. The smallest absolute Gasteiger partial charge is 0.318 e. The lowest BCUT2D eigenvalue weighted by atomic mass is 10.1. The standard InChI is InChI=1S/C11H16N6O4/c18-9(19)5-7-10(20)12-3-4-17(7)11(21)13-2-1-8-14-6-15-16-8/h6-7H,1-5H2,(H,12,20)(H,13,21)(H,18,19)(H,14,15,16). The summed E-state index contributed by atoms with van der Waals surface area (Å²) in [6, 6.07) is -1.45. The van der Waals surface area contributed by atoms with Crippen molar-refractivity contribution in [2.75, 3.05) is 19.6 Å². The molecule has 1 aliphatic heterocycles. The lowest BCUT2D eigenvalue weighted by Crippen LogP contribution is -2.60. The molecule has 10 heteroatoms. The number of H-pyrrole nitrogens is 1. The maximum Gasteiger partial charge on any atom is 0.318 e. The highest BCUT2D eigenvalue weighted by Crippen LogP contribution is 2.09. The van der Waals surface area contributed by atoms with Crippen LogP contribution in [0.4, 0.5) is 4.79 Å². The summed E-state index contributed by atoms with van der Waals surface area (Å²) < 4.78 is 0. The Morgan fingerprint density at radius 1 is 1.52 bits per heavy atom. The first-order valence-corrected chi connectivity index (χ1v) is 6.46. The van der Waals surface area contributed by atoms with Crippen molar-refractivity contribution in [2.24, 2.45) is 0 Å². The summed E-state index contributed by atoms with van der Waals surface area (Å²) in [6.45, 7) is 0.897. The molecule has 114 valence electrons. The number of carbonyl (C=O) groups is 3. The maximum atomic E-state index is 12.1. The molecule has 0 saturated carbocycles. The molecular formula is C11H16N6O4. The summed E-state index contributed by atoms with van der Waals surface area (Å²) in [5.74, 6) is -0.945. The van der Waals surface area contributed by atoms with E-state index >= 15 is 0 Å². The molecule has 10 nitrogen and oxygen atoms in total. The highest BCUT2D eigenvalue weighted by atomic mass is 16.4. The predicted octanol–water partition coefficient (Wildman–Crippen LogP) is -1.67. The third-order valence-electron chi connectivity index (χ3n) is 3.06. The van der Waals surface area contributed by atoms with Crippen LogP contribution in [0.3, 0.4) is 0 Å². The number of piperazine rings is 1. The Morgan fingerprint density at radius 2 is 2.33 bits per heavy atom. The van der Waals surface area contributed by atoms with Crippen molar-refractivity contribution in [3.8, 4) is 0 Å². The van der Waals surface area contributed by atoms with Crippen LogP contribution < -0.4 is 10.6 Å². The molecule has 1 aromatic rings. The molecule has 2 rings (SSSR count). The van der Waals surface area contributed by atoms with Gasteiger partial charge in [-0.05, 0) is 0 Å². The Kier molecular flexibility index (Phi) is 4.69. The minimum atomic E-state index is -1.13. The third kappa shape index (κ3) is 3.91. The molecule has 3 amide bonds. The summed E-state index contributed by atoms with van der Waals surface area (Å²) in [6.07, 6.45) is 1.42. The summed E-state index contributed by atoms with van der Waals surface area (Å²) in [5.41, 5.74) is 0. The van der Waals surface area contributed by atoms with Crippen molar-refractivity contribution >= 4 is 17.9 Å². The third-order valence-corrected chi connectivity index (χ3v) is 3.06. The fraction of sp³-hybridized carbons (Fsp3) is 0.545. The SMILES string of the molecule is O=C(O)CC1C(=O)NCCN1C(=O)NCCc1ncn[nH]1. The number of amides is 3. The van der Waals surface area contributed by atoms with Crippen molar-refractivity contribution in [3.05, 3.63) is 12.2 Å². The Morgan fingerprint density at radius 3 is 3.00 bits per heavy atom. The number of carboxylic acid groups (broad SMARTS) is 1. The quantitative estimate of drug-likeness (QED) is 0.512. The van der Waals surface area contributed by atoms with E-state index in [1.54, 1.807) is 0 Å². The Hall–Kier alpha value is -2.65. The predicted molar refractivity (Wildman–Crippen MR) is 69.2 cm³/mol. The molecule has 1 fully saturated rings. The van der Waals surface area contributed by atoms with Crippen LogP contribution in [0.15, 0.2) is 6.33 Å². The van der Waals surface area contributed by atoms with Gasteiger partial charge < -0.3 is 20.6 Å². The lowest BCUT2D eigenvalue weighted by molar-refractivity contribution is -0.142. The van der Waals surface area contributed by atoms with Gasteiger partial charge >= 0.3 is 12.0 Å². The average Bonchev–Trinajstić information content (AvgIpc) is 2.93. The van der Waals surface area contributed by atoms with Crippen molar-refractivity contribution in [3.63, 3.8) is 0 Å². The second kappa shape index (κ2) is 6.68. The maximum absolute atomic E-state index is 12.1. The number of nitrogens with zero attached hydrogens (tertiary/aromatic N) is 3. The van der Waals surface area contributed by atoms with Crippen LogP contribution in [0.1, 0.15) is 12.2 Å². The number of urea groups is 1. The van der Waals surface area contributed by atoms with Gasteiger partial charge in [0.25, 0.3) is 0 Å². The van der Waals surface area contributed by atoms with Crippen molar-refractivity contribution in [2.45, 2.75) is 18.9 Å². The van der Waals surface area contributed by atoms with Gasteiger partial charge in [0.2, 0.25) is 5.91 Å². The van der Waals surface area contributed by atoms with E-state index in [0.717, 1.165) is 0 Å². The van der Waals surface area contributed by atoms with E-state index in [1.165, 1.54) is 11.2 Å². The van der Waals surface area contributed by atoms with Gasteiger partial charge in [-0.3, -0.25) is 14.7 Å². The monoisotopic (exact) mass is 296 g/mol. The number of hydrogen-bond acceptors (Lipinski definition) is 5. The zero-order valence-electron chi connectivity index (χ0n) is 11.2. The minimum Gasteiger partial charge on any atom is -0.481 e. The fourth-order valence-electron chi connectivity index (χ4n) is 2.07. The van der Waals surface area contributed by atoms with Crippen LogP contribution in [0.2, 0.25) is 0 Å². The zero-order chi connectivity index (χ0) is 15.2. The molecule has 1 saturated heterocycles. The normalized spacial score (nSPS) is 18.2. The van der Waals surface area contributed by atoms with Gasteiger partial charge in [-0.25, -0.2) is 9.78 Å². The van der Waals surface area contributed by atoms with Gasteiger partial charge in [-0.2, -0.15) is 5.10 Å². The molecule has 1 unspecified atom stereocenters. The van der Waals surface area contributed by atoms with Crippen molar-refractivity contribution < 1.29 is 19.5 Å². The molecular weight excluding hydrogens is 280 g/mol. The first-order valence-electron chi connectivity index (χ1n) is 6.46. The summed E-state index contributed by atoms with van der Waals surface area (Å²) in [7, 11) is 0. The van der Waals surface area contributed by atoms with Gasteiger partial charge in [-0.1, -0.05) is 0 Å². The number of carbonyl (C=O) groups excluding carboxylic acids is 2. The molecule has 21 heavy (non-hydrogen) atoms. The summed E-state index contributed by atoms with van der Waals surface area (Å²) in [4.78, 5) is 39.7. The van der Waals surface area contributed by atoms with Gasteiger partial charge in [-0.15, -0.1) is 0 Å². The first kappa shape index (κ1) is 14.8. The molecule has 1 atom stereocenters. The van der Waals surface area contributed by atoms with Crippen LogP contribution in [0.5, 0.6) is 0 Å². The number of aromatic amines is 1. The van der Waals surface area contributed by atoms with E-state index in [9.17, 15) is 14.4 Å². The first-order chi connectivity index (χ1) is 10.1. The molecule has 1 aromatic heterocycles. The van der Waals surface area contributed by atoms with Crippen LogP contribution in [0, 0.1) is 0 Å². The van der Waals surface area contributed by atoms with E-state index in [0.29, 0.717) is 25.3 Å². The van der Waals surface area contributed by atoms with Crippen LogP contribution >= 0.6 is 0 Å². The van der Waals surface area contributed by atoms with E-state index in [4.69, 9.17) is 5.11 Å². The average molecular weight is 296 g/mol. The number of aliphatic carboxylic acids is 1. The second-order valence-electron chi connectivity index (χ2n) is 4.51. The highest BCUT2D eigenvalue weighted by Gasteiger charge is 2.34. The van der Waals surface area contributed by atoms with Gasteiger partial charge in [0.05, 0.1) is 6.42 Å².